The van der Waals surface area contributed by atoms with Gasteiger partial charge >= 0.3 is 0 Å². The summed E-state index contributed by atoms with van der Waals surface area (Å²) in [5.41, 5.74) is 11.2. The minimum atomic E-state index is -0.596. The summed E-state index contributed by atoms with van der Waals surface area (Å²) in [6.45, 7) is 1.84. The monoisotopic (exact) mass is 260 g/mol. The molecule has 98 valence electrons. The van der Waals surface area contributed by atoms with E-state index in [9.17, 15) is 9.90 Å². The van der Waals surface area contributed by atoms with Gasteiger partial charge in [0, 0.05) is 0 Å². The number of rotatable bonds is 2. The first-order valence-electron chi connectivity index (χ1n) is 5.34. The Morgan fingerprint density at radius 3 is 2.74 bits per heavy atom. The van der Waals surface area contributed by atoms with Crippen molar-refractivity contribution in [1.29, 1.82) is 0 Å². The van der Waals surface area contributed by atoms with Crippen LogP contribution >= 0.6 is 0 Å². The fourth-order valence-electron chi connectivity index (χ4n) is 1.42. The molecule has 8 nitrogen and oxygen atoms in total. The maximum Gasteiger partial charge on any atom is 0.282 e. The molecule has 0 radical (unpaired) electrons. The lowest BCUT2D eigenvalue weighted by molar-refractivity contribution is 0.476. The summed E-state index contributed by atoms with van der Waals surface area (Å²) in [7, 11) is 0. The van der Waals surface area contributed by atoms with E-state index in [-0.39, 0.29) is 28.9 Å². The second kappa shape index (κ2) is 4.77. The number of hydrogen-bond acceptors (Lipinski definition) is 7. The molecule has 2 aromatic rings. The van der Waals surface area contributed by atoms with Gasteiger partial charge in [0.1, 0.15) is 11.4 Å². The average molecular weight is 260 g/mol. The van der Waals surface area contributed by atoms with Gasteiger partial charge in [0.25, 0.3) is 5.56 Å². The summed E-state index contributed by atoms with van der Waals surface area (Å²) in [4.78, 5) is 17.5. The molecule has 0 fully saturated rings. The number of anilines is 2. The summed E-state index contributed by atoms with van der Waals surface area (Å²) in [6, 6.07) is 4.83. The number of phenols is 1. The maximum absolute atomic E-state index is 11.6. The minimum absolute atomic E-state index is 0.0484. The van der Waals surface area contributed by atoms with E-state index in [1.54, 1.807) is 12.1 Å². The topological polar surface area (TPSA) is 143 Å². The van der Waals surface area contributed by atoms with Crippen molar-refractivity contribution in [1.82, 2.24) is 9.97 Å². The van der Waals surface area contributed by atoms with Gasteiger partial charge < -0.3 is 16.6 Å². The molecule has 0 unspecified atom stereocenters. The van der Waals surface area contributed by atoms with E-state index in [1.807, 2.05) is 6.92 Å². The van der Waals surface area contributed by atoms with Crippen LogP contribution in [-0.4, -0.2) is 15.1 Å². The van der Waals surface area contributed by atoms with Crippen LogP contribution in [0.3, 0.4) is 0 Å². The Kier molecular flexibility index (Phi) is 3.15. The fourth-order valence-corrected chi connectivity index (χ4v) is 1.42. The molecule has 1 aromatic heterocycles. The van der Waals surface area contributed by atoms with E-state index < -0.39 is 5.56 Å². The number of phenolic OH excluding ortho intramolecular Hbond substituents is 1. The summed E-state index contributed by atoms with van der Waals surface area (Å²) in [5.74, 6) is -0.273. The van der Waals surface area contributed by atoms with Gasteiger partial charge in [-0.25, -0.2) is 0 Å². The molecular formula is C11H12N6O2. The molecule has 6 N–H and O–H groups in total. The first kappa shape index (κ1) is 12.6. The van der Waals surface area contributed by atoms with Crippen LogP contribution in [0.4, 0.5) is 23.1 Å². The summed E-state index contributed by atoms with van der Waals surface area (Å²) >= 11 is 0. The molecule has 0 aliphatic rings. The van der Waals surface area contributed by atoms with Crippen molar-refractivity contribution >= 4 is 23.1 Å². The number of aromatic hydroxyl groups is 1. The smallest absolute Gasteiger partial charge is 0.282 e. The number of nitrogens with zero attached hydrogens (tertiary/aromatic N) is 3. The lowest BCUT2D eigenvalue weighted by Gasteiger charge is -2.00. The van der Waals surface area contributed by atoms with Gasteiger partial charge in [-0.3, -0.25) is 9.78 Å². The van der Waals surface area contributed by atoms with Crippen molar-refractivity contribution in [3.63, 3.8) is 0 Å². The largest absolute Gasteiger partial charge is 0.506 e. The van der Waals surface area contributed by atoms with Gasteiger partial charge in [-0.05, 0) is 24.6 Å². The number of aromatic amines is 1. The molecule has 0 atom stereocenters. The highest BCUT2D eigenvalue weighted by molar-refractivity contribution is 5.58. The number of hydrogen-bond donors (Lipinski definition) is 4. The second-order valence-corrected chi connectivity index (χ2v) is 3.88. The lowest BCUT2D eigenvalue weighted by atomic mass is 10.2. The molecule has 19 heavy (non-hydrogen) atoms. The zero-order valence-corrected chi connectivity index (χ0v) is 10.1. The molecule has 0 aliphatic carbocycles. The Morgan fingerprint density at radius 1 is 1.32 bits per heavy atom. The average Bonchev–Trinajstić information content (AvgIpc) is 2.32. The molecule has 0 spiro atoms. The summed E-state index contributed by atoms with van der Waals surface area (Å²) < 4.78 is 0. The van der Waals surface area contributed by atoms with E-state index in [0.29, 0.717) is 0 Å². The van der Waals surface area contributed by atoms with Crippen LogP contribution in [0.5, 0.6) is 5.75 Å². The van der Waals surface area contributed by atoms with Crippen LogP contribution < -0.4 is 17.0 Å². The summed E-state index contributed by atoms with van der Waals surface area (Å²) in [6.07, 6.45) is 0. The lowest BCUT2D eigenvalue weighted by Crippen LogP contribution is -2.12. The number of nitrogens with one attached hydrogen (secondary N) is 1. The van der Waals surface area contributed by atoms with Crippen molar-refractivity contribution in [2.24, 2.45) is 10.2 Å². The first-order valence-corrected chi connectivity index (χ1v) is 5.34. The van der Waals surface area contributed by atoms with E-state index in [2.05, 4.69) is 20.2 Å². The number of aromatic nitrogens is 2. The highest BCUT2D eigenvalue weighted by atomic mass is 16.3. The molecule has 1 aromatic carbocycles. The van der Waals surface area contributed by atoms with Gasteiger partial charge in [0.2, 0.25) is 5.95 Å². The maximum atomic E-state index is 11.6. The van der Waals surface area contributed by atoms with Crippen molar-refractivity contribution in [2.75, 3.05) is 11.5 Å². The highest BCUT2D eigenvalue weighted by Gasteiger charge is 2.07. The highest BCUT2D eigenvalue weighted by Crippen LogP contribution is 2.28. The Labute approximate surface area is 107 Å². The quantitative estimate of drug-likeness (QED) is 0.603. The van der Waals surface area contributed by atoms with Crippen LogP contribution in [0.15, 0.2) is 33.2 Å². The number of H-pyrrole nitrogens is 1. The van der Waals surface area contributed by atoms with Crippen LogP contribution in [-0.2, 0) is 0 Å². The standard InChI is InChI=1S/C11H12N6O2/c1-5-2-3-7(18)6(4-5)16-17-8-9(12)14-11(13)15-10(8)19/h2-4,18H,1H3,(H5,12,13,14,15,19). The molecule has 0 amide bonds. The minimum Gasteiger partial charge on any atom is -0.506 e. The molecule has 0 saturated carbocycles. The normalized spacial score (nSPS) is 11.0. The Bertz CT molecular complexity index is 707. The zero-order valence-electron chi connectivity index (χ0n) is 10.1. The predicted molar refractivity (Wildman–Crippen MR) is 70.7 cm³/mol. The van der Waals surface area contributed by atoms with E-state index in [1.165, 1.54) is 6.07 Å². The molecular weight excluding hydrogens is 248 g/mol. The van der Waals surface area contributed by atoms with Crippen molar-refractivity contribution in [3.8, 4) is 5.75 Å². The van der Waals surface area contributed by atoms with Crippen LogP contribution in [0.1, 0.15) is 5.56 Å². The molecule has 2 rings (SSSR count). The van der Waals surface area contributed by atoms with Gasteiger partial charge in [-0.1, -0.05) is 6.07 Å². The molecule has 8 heteroatoms. The SMILES string of the molecule is Cc1ccc(O)c(N=Nc2c(N)nc(N)[nH]c2=O)c1. The zero-order chi connectivity index (χ0) is 14.0. The van der Waals surface area contributed by atoms with Gasteiger partial charge in [0.05, 0.1) is 0 Å². The Balaban J connectivity index is 2.44. The van der Waals surface area contributed by atoms with E-state index in [4.69, 9.17) is 11.5 Å². The van der Waals surface area contributed by atoms with Gasteiger partial charge in [-0.2, -0.15) is 4.98 Å². The van der Waals surface area contributed by atoms with Crippen LogP contribution in [0.25, 0.3) is 0 Å². The Hall–Kier alpha value is -2.90. The van der Waals surface area contributed by atoms with Crippen molar-refractivity contribution in [2.45, 2.75) is 6.92 Å². The number of nitrogens with two attached hydrogens (primary N) is 2. The summed E-state index contributed by atoms with van der Waals surface area (Å²) in [5, 5.41) is 17.1. The third kappa shape index (κ3) is 2.68. The fraction of sp³-hybridized carbons (Fsp3) is 0.0909. The number of azo groups is 1. The molecule has 1 heterocycles. The van der Waals surface area contributed by atoms with Crippen LogP contribution in [0, 0.1) is 6.92 Å². The number of nitrogen functional groups attached to an aromatic ring is 2. The van der Waals surface area contributed by atoms with Crippen molar-refractivity contribution < 1.29 is 5.11 Å². The Morgan fingerprint density at radius 2 is 2.05 bits per heavy atom. The molecule has 0 aliphatic heterocycles. The van der Waals surface area contributed by atoms with E-state index >= 15 is 0 Å². The van der Waals surface area contributed by atoms with Crippen molar-refractivity contribution in [3.05, 3.63) is 34.1 Å². The predicted octanol–water partition coefficient (Wildman–Crippen LogP) is 1.36. The first-order chi connectivity index (χ1) is 8.97. The molecule has 0 saturated heterocycles. The third-order valence-electron chi connectivity index (χ3n) is 2.33. The number of benzene rings is 1. The second-order valence-electron chi connectivity index (χ2n) is 3.88. The van der Waals surface area contributed by atoms with Crippen LogP contribution in [0.2, 0.25) is 0 Å². The third-order valence-corrected chi connectivity index (χ3v) is 2.33. The number of aryl methyl sites for hydroxylation is 1. The van der Waals surface area contributed by atoms with E-state index in [0.717, 1.165) is 5.56 Å². The van der Waals surface area contributed by atoms with Gasteiger partial charge in [-0.15, -0.1) is 10.2 Å². The van der Waals surface area contributed by atoms with Gasteiger partial charge in [0.15, 0.2) is 11.5 Å². The molecule has 0 bridgehead atoms.